The summed E-state index contributed by atoms with van der Waals surface area (Å²) in [6.45, 7) is 8.54. The molecule has 0 saturated carbocycles. The van der Waals surface area contributed by atoms with Crippen LogP contribution in [0.4, 0.5) is 0 Å². The Balaban J connectivity index is 1.67. The fourth-order valence-electron chi connectivity index (χ4n) is 3.46. The summed E-state index contributed by atoms with van der Waals surface area (Å²) in [5.41, 5.74) is 3.13. The van der Waals surface area contributed by atoms with Gasteiger partial charge in [0.2, 0.25) is 11.1 Å². The number of hydrogen-bond acceptors (Lipinski definition) is 6. The first-order chi connectivity index (χ1) is 15.3. The molecule has 8 heteroatoms. The molecule has 2 aromatic carbocycles. The van der Waals surface area contributed by atoms with Crippen molar-refractivity contribution < 1.29 is 9.53 Å². The molecule has 1 heterocycles. The number of methoxy groups -OCH3 is 1. The van der Waals surface area contributed by atoms with Crippen molar-refractivity contribution in [3.8, 4) is 17.1 Å². The lowest BCUT2D eigenvalue weighted by atomic mass is 9.93. The predicted molar refractivity (Wildman–Crippen MR) is 129 cm³/mol. The molecule has 3 aromatic rings. The fourth-order valence-corrected chi connectivity index (χ4v) is 4.12. The van der Waals surface area contributed by atoms with Crippen molar-refractivity contribution in [2.75, 3.05) is 18.7 Å². The van der Waals surface area contributed by atoms with Gasteiger partial charge in [0.05, 0.1) is 24.5 Å². The predicted octanol–water partition coefficient (Wildman–Crippen LogP) is 4.40. The van der Waals surface area contributed by atoms with Crippen LogP contribution >= 0.6 is 11.8 Å². The summed E-state index contributed by atoms with van der Waals surface area (Å²) < 4.78 is 6.77. The van der Waals surface area contributed by atoms with Crippen molar-refractivity contribution in [1.82, 2.24) is 20.2 Å². The highest BCUT2D eigenvalue weighted by Crippen LogP contribution is 2.29. The molecule has 0 aliphatic heterocycles. The summed E-state index contributed by atoms with van der Waals surface area (Å²) in [6, 6.07) is 15.9. The van der Waals surface area contributed by atoms with E-state index in [0.717, 1.165) is 11.1 Å². The largest absolute Gasteiger partial charge is 0.496 e. The van der Waals surface area contributed by atoms with Crippen LogP contribution < -0.4 is 15.9 Å². The molecule has 1 aromatic heterocycles. The number of benzene rings is 2. The first kappa shape index (κ1) is 23.7. The van der Waals surface area contributed by atoms with Crippen molar-refractivity contribution in [2.24, 2.45) is 5.92 Å². The average Bonchev–Trinajstić information content (AvgIpc) is 3.15. The summed E-state index contributed by atoms with van der Waals surface area (Å²) in [6.07, 6.45) is 0. The third kappa shape index (κ3) is 5.43. The molecule has 1 atom stereocenters. The van der Waals surface area contributed by atoms with E-state index in [-0.39, 0.29) is 23.6 Å². The first-order valence-corrected chi connectivity index (χ1v) is 11.7. The zero-order valence-electron chi connectivity index (χ0n) is 19.2. The molecule has 1 unspecified atom stereocenters. The Kier molecular flexibility index (Phi) is 7.80. The number of nitrogens with two attached hydrogens (primary N) is 1. The molecule has 0 radical (unpaired) electrons. The smallest absolute Gasteiger partial charge is 0.230 e. The Morgan fingerprint density at radius 3 is 2.34 bits per heavy atom. The second kappa shape index (κ2) is 10.5. The van der Waals surface area contributed by atoms with E-state index in [4.69, 9.17) is 10.6 Å². The van der Waals surface area contributed by atoms with E-state index in [1.54, 1.807) is 7.11 Å². The van der Waals surface area contributed by atoms with Crippen LogP contribution in [-0.2, 0) is 4.79 Å². The van der Waals surface area contributed by atoms with Crippen molar-refractivity contribution in [1.29, 1.82) is 0 Å². The molecule has 3 rings (SSSR count). The van der Waals surface area contributed by atoms with E-state index in [2.05, 4.69) is 67.5 Å². The molecule has 0 spiro atoms. The Morgan fingerprint density at radius 1 is 1.06 bits per heavy atom. The Morgan fingerprint density at radius 2 is 1.72 bits per heavy atom. The standard InChI is InChI=1S/C24H31N5O2S/c1-15(2)17-10-12-18(13-11-17)22(16(3)4)26-21(30)14-32-24-28-27-23(29(24)25)19-8-6-7-9-20(19)31-5/h6-13,15-16,22H,14,25H2,1-5H3,(H,26,30). The average molecular weight is 454 g/mol. The Bertz CT molecular complexity index is 1050. The second-order valence-electron chi connectivity index (χ2n) is 8.28. The molecular weight excluding hydrogens is 422 g/mol. The maximum atomic E-state index is 12.7. The van der Waals surface area contributed by atoms with Crippen LogP contribution in [0.3, 0.4) is 0 Å². The Hall–Kier alpha value is -3.00. The highest BCUT2D eigenvalue weighted by atomic mass is 32.2. The maximum absolute atomic E-state index is 12.7. The molecule has 0 saturated heterocycles. The summed E-state index contributed by atoms with van der Waals surface area (Å²) in [5, 5.41) is 12.0. The van der Waals surface area contributed by atoms with Crippen LogP contribution in [0.15, 0.2) is 53.7 Å². The van der Waals surface area contributed by atoms with Gasteiger partial charge in [0.1, 0.15) is 5.75 Å². The van der Waals surface area contributed by atoms with Crippen LogP contribution in [0.5, 0.6) is 5.75 Å². The van der Waals surface area contributed by atoms with Crippen LogP contribution in [-0.4, -0.2) is 33.6 Å². The number of carbonyl (C=O) groups excluding carboxylic acids is 1. The Labute approximate surface area is 193 Å². The van der Waals surface area contributed by atoms with Gasteiger partial charge in [0.25, 0.3) is 0 Å². The van der Waals surface area contributed by atoms with Gasteiger partial charge >= 0.3 is 0 Å². The molecule has 0 fully saturated rings. The molecule has 0 aliphatic rings. The molecule has 3 N–H and O–H groups in total. The van der Waals surface area contributed by atoms with Gasteiger partial charge in [-0.3, -0.25) is 4.79 Å². The molecule has 7 nitrogen and oxygen atoms in total. The third-order valence-corrected chi connectivity index (χ3v) is 6.23. The normalized spacial score (nSPS) is 12.2. The lowest BCUT2D eigenvalue weighted by Gasteiger charge is -2.23. The van der Waals surface area contributed by atoms with Gasteiger partial charge in [-0.1, -0.05) is 75.9 Å². The fraction of sp³-hybridized carbons (Fsp3) is 0.375. The molecule has 0 bridgehead atoms. The summed E-state index contributed by atoms with van der Waals surface area (Å²) in [5.74, 6) is 8.18. The quantitative estimate of drug-likeness (QED) is 0.368. The molecule has 32 heavy (non-hydrogen) atoms. The van der Waals surface area contributed by atoms with E-state index in [0.29, 0.717) is 22.6 Å². The number of amides is 1. The van der Waals surface area contributed by atoms with Crippen molar-refractivity contribution >= 4 is 17.7 Å². The lowest BCUT2D eigenvalue weighted by Crippen LogP contribution is -2.33. The SMILES string of the molecule is COc1ccccc1-c1nnc(SCC(=O)NC(c2ccc(C(C)C)cc2)C(C)C)n1N. The number of aromatic nitrogens is 3. The number of ether oxygens (including phenoxy) is 1. The van der Waals surface area contributed by atoms with E-state index in [1.165, 1.54) is 22.0 Å². The second-order valence-corrected chi connectivity index (χ2v) is 9.22. The van der Waals surface area contributed by atoms with Crippen molar-refractivity contribution in [3.05, 3.63) is 59.7 Å². The van der Waals surface area contributed by atoms with E-state index >= 15 is 0 Å². The van der Waals surface area contributed by atoms with Crippen LogP contribution in [0, 0.1) is 5.92 Å². The minimum Gasteiger partial charge on any atom is -0.496 e. The minimum atomic E-state index is -0.0801. The lowest BCUT2D eigenvalue weighted by molar-refractivity contribution is -0.119. The highest BCUT2D eigenvalue weighted by Gasteiger charge is 2.20. The van der Waals surface area contributed by atoms with Gasteiger partial charge in [0.15, 0.2) is 5.82 Å². The van der Waals surface area contributed by atoms with Gasteiger partial charge in [-0.2, -0.15) is 0 Å². The monoisotopic (exact) mass is 453 g/mol. The first-order valence-electron chi connectivity index (χ1n) is 10.7. The number of nitrogens with zero attached hydrogens (tertiary/aromatic N) is 3. The number of thioether (sulfide) groups is 1. The molecule has 170 valence electrons. The van der Waals surface area contributed by atoms with Gasteiger partial charge in [-0.25, -0.2) is 4.68 Å². The number of nitrogen functional groups attached to an aromatic ring is 1. The summed E-state index contributed by atoms with van der Waals surface area (Å²) >= 11 is 1.25. The number of carbonyl (C=O) groups is 1. The molecule has 0 aliphatic carbocycles. The number of rotatable bonds is 9. The summed E-state index contributed by atoms with van der Waals surface area (Å²) in [4.78, 5) is 12.7. The maximum Gasteiger partial charge on any atom is 0.230 e. The third-order valence-electron chi connectivity index (χ3n) is 5.29. The van der Waals surface area contributed by atoms with Crippen LogP contribution in [0.25, 0.3) is 11.4 Å². The molecule has 1 amide bonds. The van der Waals surface area contributed by atoms with Gasteiger partial charge in [0, 0.05) is 0 Å². The van der Waals surface area contributed by atoms with E-state index < -0.39 is 0 Å². The zero-order valence-corrected chi connectivity index (χ0v) is 20.0. The highest BCUT2D eigenvalue weighted by molar-refractivity contribution is 7.99. The van der Waals surface area contributed by atoms with Crippen LogP contribution in [0.2, 0.25) is 0 Å². The number of nitrogens with one attached hydrogen (secondary N) is 1. The van der Waals surface area contributed by atoms with E-state index in [1.807, 2.05) is 24.3 Å². The summed E-state index contributed by atoms with van der Waals surface area (Å²) in [7, 11) is 1.59. The van der Waals surface area contributed by atoms with Gasteiger partial charge < -0.3 is 15.9 Å². The van der Waals surface area contributed by atoms with Crippen molar-refractivity contribution in [2.45, 2.75) is 44.8 Å². The van der Waals surface area contributed by atoms with Gasteiger partial charge in [-0.05, 0) is 35.1 Å². The topological polar surface area (TPSA) is 95.1 Å². The molecular formula is C24H31N5O2S. The van der Waals surface area contributed by atoms with E-state index in [9.17, 15) is 4.79 Å². The zero-order chi connectivity index (χ0) is 23.3. The minimum absolute atomic E-state index is 0.0656. The number of hydrogen-bond donors (Lipinski definition) is 2. The van der Waals surface area contributed by atoms with Gasteiger partial charge in [-0.15, -0.1) is 10.2 Å². The van der Waals surface area contributed by atoms with Crippen molar-refractivity contribution in [3.63, 3.8) is 0 Å². The number of para-hydroxylation sites is 1. The van der Waals surface area contributed by atoms with Crippen LogP contribution in [0.1, 0.15) is 50.8 Å².